The molecule has 0 heterocycles. The van der Waals surface area contributed by atoms with Crippen LogP contribution in [0.15, 0.2) is 28.7 Å². The van der Waals surface area contributed by atoms with E-state index in [2.05, 4.69) is 22.0 Å². The van der Waals surface area contributed by atoms with Gasteiger partial charge in [0.1, 0.15) is 6.29 Å². The summed E-state index contributed by atoms with van der Waals surface area (Å²) in [6, 6.07) is 8.11. The van der Waals surface area contributed by atoms with E-state index in [-0.39, 0.29) is 5.92 Å². The van der Waals surface area contributed by atoms with Gasteiger partial charge in [-0.05, 0) is 24.0 Å². The van der Waals surface area contributed by atoms with E-state index < -0.39 is 0 Å². The Morgan fingerprint density at radius 1 is 1.42 bits per heavy atom. The van der Waals surface area contributed by atoms with Crippen LogP contribution in [-0.2, 0) is 4.79 Å². The summed E-state index contributed by atoms with van der Waals surface area (Å²) in [5.74, 6) is 0.738. The van der Waals surface area contributed by atoms with E-state index >= 15 is 0 Å². The highest BCUT2D eigenvalue weighted by Gasteiger charge is 2.38. The first-order chi connectivity index (χ1) is 5.83. The van der Waals surface area contributed by atoms with Crippen LogP contribution >= 0.6 is 15.9 Å². The maximum absolute atomic E-state index is 10.4. The summed E-state index contributed by atoms with van der Waals surface area (Å²) in [6.07, 6.45) is 2.08. The summed E-state index contributed by atoms with van der Waals surface area (Å²) in [4.78, 5) is 10.4. The normalized spacial score (nSPS) is 26.8. The molecule has 0 aromatic heterocycles. The van der Waals surface area contributed by atoms with E-state index in [1.165, 1.54) is 5.56 Å². The summed E-state index contributed by atoms with van der Waals surface area (Å²) in [5, 5.41) is 0. The summed E-state index contributed by atoms with van der Waals surface area (Å²) in [5.41, 5.74) is 1.27. The molecule has 1 nitrogen and oxygen atoms in total. The van der Waals surface area contributed by atoms with Crippen LogP contribution < -0.4 is 0 Å². The Bertz CT molecular complexity index is 308. The molecule has 0 spiro atoms. The fourth-order valence-corrected chi connectivity index (χ4v) is 2.08. The molecule has 1 aliphatic rings. The number of benzene rings is 1. The first kappa shape index (κ1) is 7.99. The molecule has 62 valence electrons. The first-order valence-electron chi connectivity index (χ1n) is 4.02. The standard InChI is InChI=1S/C10H9BrO/c11-10-4-2-1-3-8(10)9-5-7(9)6-12/h1-4,6-7,9H,5H2/t7-,9+/m0/s1. The minimum absolute atomic E-state index is 0.267. The number of halogens is 1. The molecular formula is C10H9BrO. The van der Waals surface area contributed by atoms with Crippen LogP contribution in [0.25, 0.3) is 0 Å². The highest BCUT2D eigenvalue weighted by molar-refractivity contribution is 9.10. The number of hydrogen-bond donors (Lipinski definition) is 0. The Morgan fingerprint density at radius 3 is 2.75 bits per heavy atom. The lowest BCUT2D eigenvalue weighted by atomic mass is 10.1. The molecule has 1 saturated carbocycles. The van der Waals surface area contributed by atoms with Crippen LogP contribution in [0.2, 0.25) is 0 Å². The van der Waals surface area contributed by atoms with Crippen molar-refractivity contribution in [2.75, 3.05) is 0 Å². The van der Waals surface area contributed by atoms with Crippen molar-refractivity contribution in [1.82, 2.24) is 0 Å². The highest BCUT2D eigenvalue weighted by atomic mass is 79.9. The second-order valence-corrected chi connectivity index (χ2v) is 4.02. The van der Waals surface area contributed by atoms with E-state index in [4.69, 9.17) is 0 Å². The van der Waals surface area contributed by atoms with Crippen LogP contribution in [-0.4, -0.2) is 6.29 Å². The van der Waals surface area contributed by atoms with Gasteiger partial charge in [0.05, 0.1) is 0 Å². The van der Waals surface area contributed by atoms with Gasteiger partial charge in [0.2, 0.25) is 0 Å². The van der Waals surface area contributed by atoms with Gasteiger partial charge in [0.15, 0.2) is 0 Å². The minimum atomic E-state index is 0.267. The average molecular weight is 225 g/mol. The summed E-state index contributed by atoms with van der Waals surface area (Å²) >= 11 is 3.48. The fourth-order valence-electron chi connectivity index (χ4n) is 1.50. The Balaban J connectivity index is 2.25. The molecule has 0 saturated heterocycles. The van der Waals surface area contributed by atoms with Crippen molar-refractivity contribution in [2.24, 2.45) is 5.92 Å². The maximum atomic E-state index is 10.4. The van der Waals surface area contributed by atoms with Crippen LogP contribution in [0, 0.1) is 5.92 Å². The van der Waals surface area contributed by atoms with Crippen molar-refractivity contribution in [2.45, 2.75) is 12.3 Å². The van der Waals surface area contributed by atoms with Crippen LogP contribution in [0.3, 0.4) is 0 Å². The molecule has 1 aromatic rings. The van der Waals surface area contributed by atoms with Gasteiger partial charge < -0.3 is 4.79 Å². The highest BCUT2D eigenvalue weighted by Crippen LogP contribution is 2.47. The molecule has 0 N–H and O–H groups in total. The SMILES string of the molecule is O=C[C@@H]1C[C@H]1c1ccccc1Br. The Kier molecular flexibility index (Phi) is 2.01. The number of carbonyl (C=O) groups excluding carboxylic acids is 1. The molecule has 1 fully saturated rings. The molecule has 2 rings (SSSR count). The van der Waals surface area contributed by atoms with Crippen molar-refractivity contribution >= 4 is 22.2 Å². The lowest BCUT2D eigenvalue weighted by molar-refractivity contribution is -0.108. The Morgan fingerprint density at radius 2 is 2.17 bits per heavy atom. The van der Waals surface area contributed by atoms with E-state index in [0.29, 0.717) is 5.92 Å². The lowest BCUT2D eigenvalue weighted by Crippen LogP contribution is -1.85. The topological polar surface area (TPSA) is 17.1 Å². The molecule has 2 atom stereocenters. The number of carbonyl (C=O) groups is 1. The summed E-state index contributed by atoms with van der Waals surface area (Å²) in [7, 11) is 0. The van der Waals surface area contributed by atoms with Crippen molar-refractivity contribution < 1.29 is 4.79 Å². The van der Waals surface area contributed by atoms with Gasteiger partial charge in [-0.1, -0.05) is 34.1 Å². The van der Waals surface area contributed by atoms with Gasteiger partial charge in [0, 0.05) is 10.4 Å². The Hall–Kier alpha value is -0.630. The van der Waals surface area contributed by atoms with Crippen LogP contribution in [0.1, 0.15) is 17.9 Å². The van der Waals surface area contributed by atoms with E-state index in [1.807, 2.05) is 18.2 Å². The summed E-state index contributed by atoms with van der Waals surface area (Å²) < 4.78 is 1.12. The minimum Gasteiger partial charge on any atom is -0.303 e. The molecule has 2 heteroatoms. The van der Waals surface area contributed by atoms with Crippen LogP contribution in [0.4, 0.5) is 0 Å². The van der Waals surface area contributed by atoms with E-state index in [9.17, 15) is 4.79 Å². The van der Waals surface area contributed by atoms with Gasteiger partial charge in [-0.2, -0.15) is 0 Å². The van der Waals surface area contributed by atoms with Crippen LogP contribution in [0.5, 0.6) is 0 Å². The predicted molar refractivity (Wildman–Crippen MR) is 51.1 cm³/mol. The number of rotatable bonds is 2. The number of aldehydes is 1. The van der Waals surface area contributed by atoms with Gasteiger partial charge in [-0.25, -0.2) is 0 Å². The third kappa shape index (κ3) is 1.31. The zero-order chi connectivity index (χ0) is 8.55. The van der Waals surface area contributed by atoms with Crippen molar-refractivity contribution in [3.63, 3.8) is 0 Å². The summed E-state index contributed by atoms with van der Waals surface area (Å²) in [6.45, 7) is 0. The smallest absolute Gasteiger partial charge is 0.123 e. The molecule has 0 bridgehead atoms. The van der Waals surface area contributed by atoms with Crippen molar-refractivity contribution in [3.8, 4) is 0 Å². The van der Waals surface area contributed by atoms with E-state index in [0.717, 1.165) is 17.2 Å². The van der Waals surface area contributed by atoms with E-state index in [1.54, 1.807) is 0 Å². The molecule has 1 aromatic carbocycles. The fraction of sp³-hybridized carbons (Fsp3) is 0.300. The first-order valence-corrected chi connectivity index (χ1v) is 4.82. The van der Waals surface area contributed by atoms with Gasteiger partial charge >= 0.3 is 0 Å². The third-order valence-electron chi connectivity index (χ3n) is 2.32. The quantitative estimate of drug-likeness (QED) is 0.707. The molecule has 0 aliphatic heterocycles. The lowest BCUT2D eigenvalue weighted by Gasteiger charge is -2.00. The second-order valence-electron chi connectivity index (χ2n) is 3.16. The molecule has 0 radical (unpaired) electrons. The molecule has 0 unspecified atom stereocenters. The number of hydrogen-bond acceptors (Lipinski definition) is 1. The van der Waals surface area contributed by atoms with Crippen molar-refractivity contribution in [1.29, 1.82) is 0 Å². The van der Waals surface area contributed by atoms with Gasteiger partial charge in [-0.3, -0.25) is 0 Å². The van der Waals surface area contributed by atoms with Crippen molar-refractivity contribution in [3.05, 3.63) is 34.3 Å². The largest absolute Gasteiger partial charge is 0.303 e. The zero-order valence-electron chi connectivity index (χ0n) is 6.53. The molecular weight excluding hydrogens is 216 g/mol. The average Bonchev–Trinajstić information content (AvgIpc) is 2.84. The van der Waals surface area contributed by atoms with Gasteiger partial charge in [-0.15, -0.1) is 0 Å². The zero-order valence-corrected chi connectivity index (χ0v) is 8.12. The van der Waals surface area contributed by atoms with Gasteiger partial charge in [0.25, 0.3) is 0 Å². The Labute approximate surface area is 79.9 Å². The molecule has 12 heavy (non-hydrogen) atoms. The second kappa shape index (κ2) is 3.02. The third-order valence-corrected chi connectivity index (χ3v) is 3.04. The maximum Gasteiger partial charge on any atom is 0.123 e. The predicted octanol–water partition coefficient (Wildman–Crippen LogP) is 2.75. The molecule has 1 aliphatic carbocycles. The monoisotopic (exact) mass is 224 g/mol. The molecule has 0 amide bonds.